The van der Waals surface area contributed by atoms with E-state index in [1.54, 1.807) is 12.1 Å². The van der Waals surface area contributed by atoms with Gasteiger partial charge in [0.15, 0.2) is 0 Å². The first-order valence-electron chi connectivity index (χ1n) is 3.78. The number of halogens is 1. The van der Waals surface area contributed by atoms with Crippen molar-refractivity contribution in [1.29, 1.82) is 0 Å². The Bertz CT molecular complexity index is 398. The van der Waals surface area contributed by atoms with Crippen molar-refractivity contribution in [2.75, 3.05) is 0 Å². The van der Waals surface area contributed by atoms with Crippen molar-refractivity contribution in [3.05, 3.63) is 29.3 Å². The molecule has 14 heavy (non-hydrogen) atoms. The maximum absolute atomic E-state index is 10.6. The highest BCUT2D eigenvalue weighted by atomic mass is 35.5. The monoisotopic (exact) mass is 236 g/mol. The van der Waals surface area contributed by atoms with E-state index in [4.69, 9.17) is 20.9 Å². The van der Waals surface area contributed by atoms with Crippen LogP contribution in [0.5, 0.6) is 5.75 Å². The number of hydrogen-bond donors (Lipinski definition) is 1. The fourth-order valence-electron chi connectivity index (χ4n) is 0.766. The summed E-state index contributed by atoms with van der Waals surface area (Å²) in [6.07, 6.45) is 0. The zero-order valence-electron chi connectivity index (χ0n) is 7.34. The Labute approximate surface area is 87.2 Å². The predicted octanol–water partition coefficient (Wildman–Crippen LogP) is 1.95. The van der Waals surface area contributed by atoms with Crippen molar-refractivity contribution < 1.29 is 17.7 Å². The Morgan fingerprint density at radius 1 is 1.36 bits per heavy atom. The zero-order valence-corrected chi connectivity index (χ0v) is 8.92. The van der Waals surface area contributed by atoms with E-state index in [1.807, 2.05) is 0 Å². The van der Waals surface area contributed by atoms with Crippen LogP contribution in [0.3, 0.4) is 0 Å². The van der Waals surface area contributed by atoms with Gasteiger partial charge in [0.05, 0.1) is 0 Å². The molecule has 0 heterocycles. The normalized spacial score (nSPS) is 13.6. The molecular formula is C8H9ClO4S. The van der Waals surface area contributed by atoms with Gasteiger partial charge in [0.2, 0.25) is 5.44 Å². The SMILES string of the molecule is CC(Oc1ccc(Cl)cc1)S(=O)(=O)O. The third-order valence-electron chi connectivity index (χ3n) is 1.54. The Kier molecular flexibility index (Phi) is 3.36. The van der Waals surface area contributed by atoms with Crippen molar-refractivity contribution in [3.63, 3.8) is 0 Å². The molecule has 0 saturated carbocycles. The number of benzene rings is 1. The van der Waals surface area contributed by atoms with E-state index in [9.17, 15) is 8.42 Å². The van der Waals surface area contributed by atoms with E-state index in [0.29, 0.717) is 10.8 Å². The molecule has 0 aliphatic carbocycles. The minimum Gasteiger partial charge on any atom is -0.472 e. The Balaban J connectivity index is 2.75. The molecule has 1 rings (SSSR count). The molecule has 0 radical (unpaired) electrons. The van der Waals surface area contributed by atoms with E-state index < -0.39 is 15.6 Å². The molecule has 0 aliphatic rings. The van der Waals surface area contributed by atoms with Crippen molar-refractivity contribution >= 4 is 21.7 Å². The van der Waals surface area contributed by atoms with Gasteiger partial charge in [-0.3, -0.25) is 4.55 Å². The first kappa shape index (κ1) is 11.3. The zero-order chi connectivity index (χ0) is 10.8. The highest BCUT2D eigenvalue weighted by Crippen LogP contribution is 2.17. The van der Waals surface area contributed by atoms with Gasteiger partial charge in [0.25, 0.3) is 0 Å². The highest BCUT2D eigenvalue weighted by molar-refractivity contribution is 7.86. The van der Waals surface area contributed by atoms with Crippen LogP contribution in [0, 0.1) is 0 Å². The molecule has 4 nitrogen and oxygen atoms in total. The Morgan fingerprint density at radius 3 is 2.29 bits per heavy atom. The Morgan fingerprint density at radius 2 is 1.86 bits per heavy atom. The van der Waals surface area contributed by atoms with Gasteiger partial charge in [0, 0.05) is 5.02 Å². The van der Waals surface area contributed by atoms with Crippen LogP contribution in [-0.4, -0.2) is 18.4 Å². The smallest absolute Gasteiger partial charge is 0.303 e. The number of hydrogen-bond acceptors (Lipinski definition) is 3. The molecule has 78 valence electrons. The molecule has 1 atom stereocenters. The molecule has 1 unspecified atom stereocenters. The largest absolute Gasteiger partial charge is 0.472 e. The Hall–Kier alpha value is -0.780. The summed E-state index contributed by atoms with van der Waals surface area (Å²) in [5.74, 6) is 0.333. The predicted molar refractivity (Wildman–Crippen MR) is 53.1 cm³/mol. The van der Waals surface area contributed by atoms with Gasteiger partial charge < -0.3 is 4.74 Å². The third-order valence-corrected chi connectivity index (χ3v) is 2.72. The summed E-state index contributed by atoms with van der Waals surface area (Å²) in [4.78, 5) is 0. The van der Waals surface area contributed by atoms with Gasteiger partial charge in [-0.1, -0.05) is 11.6 Å². The summed E-state index contributed by atoms with van der Waals surface area (Å²) in [7, 11) is -4.17. The second kappa shape index (κ2) is 4.16. The second-order valence-electron chi connectivity index (χ2n) is 2.65. The van der Waals surface area contributed by atoms with Gasteiger partial charge in [0.1, 0.15) is 5.75 Å². The standard InChI is InChI=1S/C8H9ClO4S/c1-6(14(10,11)12)13-8-4-2-7(9)3-5-8/h2-6H,1H3,(H,10,11,12). The third kappa shape index (κ3) is 3.17. The summed E-state index contributed by atoms with van der Waals surface area (Å²) in [6.45, 7) is 1.24. The lowest BCUT2D eigenvalue weighted by Crippen LogP contribution is -2.22. The molecule has 0 spiro atoms. The van der Waals surface area contributed by atoms with E-state index in [1.165, 1.54) is 19.1 Å². The molecule has 0 amide bonds. The van der Waals surface area contributed by atoms with Crippen molar-refractivity contribution in [2.24, 2.45) is 0 Å². The lowest BCUT2D eigenvalue weighted by molar-refractivity contribution is 0.274. The van der Waals surface area contributed by atoms with Gasteiger partial charge >= 0.3 is 10.1 Å². The van der Waals surface area contributed by atoms with Crippen molar-refractivity contribution in [1.82, 2.24) is 0 Å². The van der Waals surface area contributed by atoms with Crippen molar-refractivity contribution in [2.45, 2.75) is 12.4 Å². The maximum atomic E-state index is 10.6. The summed E-state index contributed by atoms with van der Waals surface area (Å²) < 4.78 is 34.8. The average molecular weight is 237 g/mol. The highest BCUT2D eigenvalue weighted by Gasteiger charge is 2.18. The molecule has 0 aromatic heterocycles. The summed E-state index contributed by atoms with van der Waals surface area (Å²) in [6, 6.07) is 6.16. The van der Waals surface area contributed by atoms with E-state index in [-0.39, 0.29) is 0 Å². The van der Waals surface area contributed by atoms with Gasteiger partial charge in [-0.25, -0.2) is 0 Å². The van der Waals surface area contributed by atoms with Gasteiger partial charge in [-0.2, -0.15) is 8.42 Å². The van der Waals surface area contributed by atoms with Crippen LogP contribution in [0.25, 0.3) is 0 Å². The molecular weight excluding hydrogens is 228 g/mol. The van der Waals surface area contributed by atoms with Crippen LogP contribution in [0.15, 0.2) is 24.3 Å². The van der Waals surface area contributed by atoms with Crippen LogP contribution in [-0.2, 0) is 10.1 Å². The molecule has 1 N–H and O–H groups in total. The molecule has 0 bridgehead atoms. The topological polar surface area (TPSA) is 63.6 Å². The molecule has 1 aromatic rings. The van der Waals surface area contributed by atoms with Crippen LogP contribution in [0.1, 0.15) is 6.92 Å². The van der Waals surface area contributed by atoms with Crippen LogP contribution < -0.4 is 4.74 Å². The quantitative estimate of drug-likeness (QED) is 0.815. The average Bonchev–Trinajstić information content (AvgIpc) is 2.07. The minimum atomic E-state index is -4.17. The molecule has 0 fully saturated rings. The van der Waals surface area contributed by atoms with Crippen LogP contribution in [0.4, 0.5) is 0 Å². The second-order valence-corrected chi connectivity index (χ2v) is 4.78. The molecule has 0 aliphatic heterocycles. The number of ether oxygens (including phenoxy) is 1. The molecule has 0 saturated heterocycles. The van der Waals surface area contributed by atoms with Gasteiger partial charge in [-0.05, 0) is 31.2 Å². The van der Waals surface area contributed by atoms with Gasteiger partial charge in [-0.15, -0.1) is 0 Å². The maximum Gasteiger partial charge on any atom is 0.303 e. The van der Waals surface area contributed by atoms with E-state index in [0.717, 1.165) is 0 Å². The summed E-state index contributed by atoms with van der Waals surface area (Å²) in [5, 5.41) is 0.525. The molecule has 1 aromatic carbocycles. The summed E-state index contributed by atoms with van der Waals surface area (Å²) in [5.41, 5.74) is -1.29. The molecule has 6 heteroatoms. The first-order valence-corrected chi connectivity index (χ1v) is 5.66. The van der Waals surface area contributed by atoms with Crippen molar-refractivity contribution in [3.8, 4) is 5.75 Å². The minimum absolute atomic E-state index is 0.333. The fourth-order valence-corrected chi connectivity index (χ4v) is 1.12. The van der Waals surface area contributed by atoms with E-state index >= 15 is 0 Å². The van der Waals surface area contributed by atoms with Crippen LogP contribution >= 0.6 is 11.6 Å². The van der Waals surface area contributed by atoms with Crippen LogP contribution in [0.2, 0.25) is 5.02 Å². The first-order chi connectivity index (χ1) is 6.39. The van der Waals surface area contributed by atoms with E-state index in [2.05, 4.69) is 0 Å². The fraction of sp³-hybridized carbons (Fsp3) is 0.250. The lowest BCUT2D eigenvalue weighted by Gasteiger charge is -2.11. The summed E-state index contributed by atoms with van der Waals surface area (Å²) >= 11 is 5.61. The lowest BCUT2D eigenvalue weighted by atomic mass is 10.3. The number of rotatable bonds is 3.